The van der Waals surface area contributed by atoms with Gasteiger partial charge in [0, 0.05) is 11.3 Å². The molecule has 0 saturated heterocycles. The molecule has 1 aromatic heterocycles. The normalized spacial score (nSPS) is 14.4. The van der Waals surface area contributed by atoms with Gasteiger partial charge in [-0.25, -0.2) is 9.48 Å². The summed E-state index contributed by atoms with van der Waals surface area (Å²) >= 11 is 0. The largest absolute Gasteiger partial charge is 0.497 e. The Balaban J connectivity index is 1.50. The third kappa shape index (κ3) is 4.43. The van der Waals surface area contributed by atoms with Gasteiger partial charge in [0.15, 0.2) is 0 Å². The van der Waals surface area contributed by atoms with Gasteiger partial charge in [0.1, 0.15) is 17.6 Å². The fourth-order valence-corrected chi connectivity index (χ4v) is 3.80. The van der Waals surface area contributed by atoms with Crippen molar-refractivity contribution in [3.63, 3.8) is 0 Å². The average Bonchev–Trinajstić information content (AvgIpc) is 3.27. The summed E-state index contributed by atoms with van der Waals surface area (Å²) in [6, 6.07) is 13.1. The number of benzene rings is 2. The Morgan fingerprint density at radius 1 is 1.18 bits per heavy atom. The van der Waals surface area contributed by atoms with Crippen LogP contribution in [0.4, 0.5) is 11.5 Å². The first-order chi connectivity index (χ1) is 15.9. The summed E-state index contributed by atoms with van der Waals surface area (Å²) in [6.45, 7) is 3.88. The van der Waals surface area contributed by atoms with Gasteiger partial charge < -0.3 is 20.1 Å². The van der Waals surface area contributed by atoms with Crippen LogP contribution in [-0.4, -0.2) is 41.3 Å². The van der Waals surface area contributed by atoms with Crippen LogP contribution < -0.4 is 15.4 Å². The number of anilines is 2. The van der Waals surface area contributed by atoms with Gasteiger partial charge in [-0.2, -0.15) is 5.10 Å². The van der Waals surface area contributed by atoms with E-state index < -0.39 is 12.0 Å². The molecule has 1 unspecified atom stereocenters. The molecule has 0 saturated carbocycles. The number of aryl methyl sites for hydroxylation is 1. The maximum absolute atomic E-state index is 12.7. The monoisotopic (exact) mass is 448 g/mol. The molecule has 0 aliphatic carbocycles. The van der Waals surface area contributed by atoms with Crippen LogP contribution in [0, 0.1) is 6.92 Å². The van der Waals surface area contributed by atoms with Gasteiger partial charge in [0.05, 0.1) is 31.4 Å². The highest BCUT2D eigenvalue weighted by molar-refractivity contribution is 6.04. The number of amides is 2. The maximum atomic E-state index is 12.7. The van der Waals surface area contributed by atoms with E-state index in [1.54, 1.807) is 43.0 Å². The number of rotatable bonds is 7. The van der Waals surface area contributed by atoms with Crippen molar-refractivity contribution in [1.29, 1.82) is 0 Å². The lowest BCUT2D eigenvalue weighted by atomic mass is 10.1. The molecule has 2 amide bonds. The number of methoxy groups -OCH3 is 1. The van der Waals surface area contributed by atoms with Gasteiger partial charge in [0.25, 0.3) is 5.91 Å². The summed E-state index contributed by atoms with van der Waals surface area (Å²) in [6.07, 6.45) is -0.0862. The smallest absolute Gasteiger partial charge is 0.338 e. The Hall–Kier alpha value is -4.14. The van der Waals surface area contributed by atoms with Crippen LogP contribution in [0.15, 0.2) is 48.5 Å². The minimum atomic E-state index is -0.767. The number of nitrogens with one attached hydrogen (secondary N) is 2. The summed E-state index contributed by atoms with van der Waals surface area (Å²) in [5, 5.41) is 10.1. The summed E-state index contributed by atoms with van der Waals surface area (Å²) in [5.74, 6) is 0.187. The Morgan fingerprint density at radius 3 is 2.64 bits per heavy atom. The van der Waals surface area contributed by atoms with Crippen LogP contribution >= 0.6 is 0 Å². The number of carbonyl (C=O) groups is 3. The van der Waals surface area contributed by atoms with Crippen LogP contribution in [0.5, 0.6) is 5.75 Å². The van der Waals surface area contributed by atoms with Crippen molar-refractivity contribution in [1.82, 2.24) is 9.78 Å². The molecular weight excluding hydrogens is 424 g/mol. The van der Waals surface area contributed by atoms with E-state index >= 15 is 0 Å². The minimum Gasteiger partial charge on any atom is -0.497 e. The van der Waals surface area contributed by atoms with Crippen molar-refractivity contribution >= 4 is 29.3 Å². The molecule has 0 spiro atoms. The number of fused-ring (bicyclic) bond motifs is 1. The van der Waals surface area contributed by atoms with Crippen molar-refractivity contribution in [3.8, 4) is 16.9 Å². The Bertz CT molecular complexity index is 1220. The second-order valence-electron chi connectivity index (χ2n) is 7.54. The zero-order valence-electron chi connectivity index (χ0n) is 18.5. The number of nitrogens with zero attached hydrogens (tertiary/aromatic N) is 2. The average molecular weight is 448 g/mol. The van der Waals surface area contributed by atoms with Crippen LogP contribution in [0.3, 0.4) is 0 Å². The van der Waals surface area contributed by atoms with Crippen molar-refractivity contribution < 1.29 is 23.9 Å². The molecule has 0 radical (unpaired) electrons. The fraction of sp³-hybridized carbons (Fsp3) is 0.250. The van der Waals surface area contributed by atoms with E-state index in [1.807, 2.05) is 31.2 Å². The number of hydrogen-bond donors (Lipinski definition) is 2. The minimum absolute atomic E-state index is 0.0862. The summed E-state index contributed by atoms with van der Waals surface area (Å²) in [7, 11) is 1.59. The lowest BCUT2D eigenvalue weighted by Crippen LogP contribution is -2.23. The first kappa shape index (κ1) is 22.1. The van der Waals surface area contributed by atoms with E-state index in [1.165, 1.54) is 0 Å². The molecular formula is C24H24N4O5. The summed E-state index contributed by atoms with van der Waals surface area (Å²) < 4.78 is 11.8. The lowest BCUT2D eigenvalue weighted by molar-refractivity contribution is -0.123. The Labute approximate surface area is 190 Å². The predicted octanol–water partition coefficient (Wildman–Crippen LogP) is 3.57. The Morgan fingerprint density at radius 2 is 1.94 bits per heavy atom. The fourth-order valence-electron chi connectivity index (χ4n) is 3.80. The van der Waals surface area contributed by atoms with Crippen LogP contribution in [-0.2, 0) is 14.3 Å². The highest BCUT2D eigenvalue weighted by Gasteiger charge is 2.36. The highest BCUT2D eigenvalue weighted by Crippen LogP contribution is 2.39. The molecule has 0 bridgehead atoms. The van der Waals surface area contributed by atoms with E-state index in [4.69, 9.17) is 9.47 Å². The van der Waals surface area contributed by atoms with Crippen molar-refractivity contribution in [2.75, 3.05) is 24.4 Å². The van der Waals surface area contributed by atoms with E-state index in [2.05, 4.69) is 15.7 Å². The van der Waals surface area contributed by atoms with E-state index in [9.17, 15) is 14.4 Å². The molecule has 9 nitrogen and oxygen atoms in total. The molecule has 2 aromatic carbocycles. The van der Waals surface area contributed by atoms with Crippen LogP contribution in [0.2, 0.25) is 0 Å². The van der Waals surface area contributed by atoms with Crippen LogP contribution in [0.25, 0.3) is 11.1 Å². The molecule has 3 aromatic rings. The zero-order valence-corrected chi connectivity index (χ0v) is 18.5. The number of ether oxygens (including phenoxy) is 2. The Kier molecular flexibility index (Phi) is 6.12. The molecule has 33 heavy (non-hydrogen) atoms. The molecule has 1 aliphatic heterocycles. The molecule has 0 fully saturated rings. The van der Waals surface area contributed by atoms with Gasteiger partial charge in [0.2, 0.25) is 5.91 Å². The first-order valence-electron chi connectivity index (χ1n) is 10.5. The second kappa shape index (κ2) is 9.15. The first-order valence-corrected chi connectivity index (χ1v) is 10.5. The van der Waals surface area contributed by atoms with E-state index in [0.717, 1.165) is 16.8 Å². The predicted molar refractivity (Wildman–Crippen MR) is 122 cm³/mol. The molecule has 9 heteroatoms. The quantitative estimate of drug-likeness (QED) is 0.535. The second-order valence-corrected chi connectivity index (χ2v) is 7.54. The number of hydrogen-bond acceptors (Lipinski definition) is 6. The van der Waals surface area contributed by atoms with E-state index in [-0.39, 0.29) is 24.8 Å². The van der Waals surface area contributed by atoms with E-state index in [0.29, 0.717) is 22.8 Å². The number of aromatic nitrogens is 2. The van der Waals surface area contributed by atoms with Crippen molar-refractivity contribution in [3.05, 3.63) is 59.8 Å². The van der Waals surface area contributed by atoms with Crippen LogP contribution in [0.1, 0.15) is 35.4 Å². The number of carbonyl (C=O) groups excluding carboxylic acids is 3. The number of esters is 1. The SMILES string of the molecule is CCOC(=O)c1ccc(NC(=O)CC2C(=O)Nc3c(-c4cccc(OC)c4)c(C)nn32)cc1. The van der Waals surface area contributed by atoms with Gasteiger partial charge in [-0.3, -0.25) is 9.59 Å². The standard InChI is InChI=1S/C24H24N4O5/c1-4-33-24(31)15-8-10-17(11-9-15)25-20(29)13-19-23(30)26-22-21(14(2)27-28(19)22)16-6-5-7-18(12-16)32-3/h5-12,19H,4,13H2,1-3H3,(H,25,29)(H,26,30). The summed E-state index contributed by atoms with van der Waals surface area (Å²) in [5.41, 5.74) is 3.30. The third-order valence-corrected chi connectivity index (χ3v) is 5.34. The van der Waals surface area contributed by atoms with Gasteiger partial charge in [-0.1, -0.05) is 12.1 Å². The van der Waals surface area contributed by atoms with Gasteiger partial charge in [-0.15, -0.1) is 0 Å². The topological polar surface area (TPSA) is 112 Å². The molecule has 1 atom stereocenters. The lowest BCUT2D eigenvalue weighted by Gasteiger charge is -2.10. The molecule has 2 N–H and O–H groups in total. The molecule has 170 valence electrons. The molecule has 1 aliphatic rings. The molecule has 2 heterocycles. The third-order valence-electron chi connectivity index (χ3n) is 5.34. The molecule has 4 rings (SSSR count). The van der Waals surface area contributed by atoms with Crippen molar-refractivity contribution in [2.45, 2.75) is 26.3 Å². The highest BCUT2D eigenvalue weighted by atomic mass is 16.5. The summed E-state index contributed by atoms with van der Waals surface area (Å²) in [4.78, 5) is 37.1. The van der Waals surface area contributed by atoms with Gasteiger partial charge >= 0.3 is 5.97 Å². The van der Waals surface area contributed by atoms with Gasteiger partial charge in [-0.05, 0) is 55.8 Å². The maximum Gasteiger partial charge on any atom is 0.338 e. The van der Waals surface area contributed by atoms with Crippen molar-refractivity contribution in [2.24, 2.45) is 0 Å². The zero-order chi connectivity index (χ0) is 23.5.